The lowest BCUT2D eigenvalue weighted by Gasteiger charge is -2.33. The number of fused-ring (bicyclic) bond motifs is 3. The average Bonchev–Trinajstić information content (AvgIpc) is 3.58. The fourth-order valence-electron chi connectivity index (χ4n) is 9.93. The summed E-state index contributed by atoms with van der Waals surface area (Å²) in [4.78, 5) is 5.17. The second-order valence-electron chi connectivity index (χ2n) is 19.0. The van der Waals surface area contributed by atoms with Crippen LogP contribution in [-0.2, 0) is 5.41 Å². The van der Waals surface area contributed by atoms with E-state index in [-0.39, 0.29) is 5.41 Å². The van der Waals surface area contributed by atoms with E-state index in [0.29, 0.717) is 0 Å². The molecule has 63 heavy (non-hydrogen) atoms. The summed E-state index contributed by atoms with van der Waals surface area (Å²) >= 11 is 0. The largest absolute Gasteiger partial charge is 0.372 e. The summed E-state index contributed by atoms with van der Waals surface area (Å²) in [6.45, 7) is 18.4. The van der Waals surface area contributed by atoms with Crippen LogP contribution in [-0.4, -0.2) is 26.2 Å². The Morgan fingerprint density at radius 1 is 0.333 bits per heavy atom. The molecule has 0 N–H and O–H groups in total. The lowest BCUT2D eigenvalue weighted by molar-refractivity contribution is 0.398. The lowest BCUT2D eigenvalue weighted by Crippen LogP contribution is -2.25. The van der Waals surface area contributed by atoms with Crippen molar-refractivity contribution in [1.82, 2.24) is 0 Å². The maximum Gasteiger partial charge on any atom is 0.0366 e. The predicted octanol–water partition coefficient (Wildman–Crippen LogP) is 18.6. The van der Waals surface area contributed by atoms with E-state index in [1.54, 1.807) is 11.1 Å². The third-order valence-electron chi connectivity index (χ3n) is 13.9. The first kappa shape index (κ1) is 50.0. The van der Waals surface area contributed by atoms with Crippen LogP contribution < -0.4 is 9.80 Å². The highest BCUT2D eigenvalue weighted by Crippen LogP contribution is 2.55. The van der Waals surface area contributed by atoms with Gasteiger partial charge in [-0.1, -0.05) is 229 Å². The van der Waals surface area contributed by atoms with Crippen LogP contribution in [0, 0.1) is 0 Å². The zero-order valence-electron chi connectivity index (χ0n) is 41.2. The first-order chi connectivity index (χ1) is 31.0. The number of benzene rings is 4. The van der Waals surface area contributed by atoms with E-state index in [1.165, 1.54) is 186 Å². The molecular formula is C61H88N2. The molecule has 0 amide bonds. The Hall–Kier alpha value is -4.04. The molecule has 5 rings (SSSR count). The number of unbranched alkanes of at least 4 members (excludes halogenated alkanes) is 14. The van der Waals surface area contributed by atoms with Crippen molar-refractivity contribution in [2.75, 3.05) is 36.0 Å². The Bertz CT molecular complexity index is 1760. The minimum atomic E-state index is 0.0397. The number of hydrogen-bond acceptors (Lipinski definition) is 2. The van der Waals surface area contributed by atoms with Gasteiger partial charge in [-0.15, -0.1) is 0 Å². The van der Waals surface area contributed by atoms with Crippen molar-refractivity contribution in [3.63, 3.8) is 0 Å². The van der Waals surface area contributed by atoms with Gasteiger partial charge in [0.1, 0.15) is 0 Å². The van der Waals surface area contributed by atoms with E-state index in [9.17, 15) is 0 Å². The quantitative estimate of drug-likeness (QED) is 0.0357. The molecule has 1 aliphatic rings. The Balaban J connectivity index is 1.46. The van der Waals surface area contributed by atoms with Crippen molar-refractivity contribution in [2.24, 2.45) is 0 Å². The third kappa shape index (κ3) is 15.0. The number of rotatable bonds is 32. The summed E-state index contributed by atoms with van der Waals surface area (Å²) in [6.07, 6.45) is 37.8. The van der Waals surface area contributed by atoms with Crippen molar-refractivity contribution in [2.45, 2.75) is 188 Å². The Morgan fingerprint density at radius 3 is 0.984 bits per heavy atom. The van der Waals surface area contributed by atoms with Gasteiger partial charge in [0.15, 0.2) is 0 Å². The molecule has 0 radical (unpaired) electrons. The van der Waals surface area contributed by atoms with E-state index in [2.05, 4.69) is 161 Å². The minimum Gasteiger partial charge on any atom is -0.372 e. The standard InChI is InChI=1S/C61H88N2/c1-7-13-19-21-23-25-43-61(44-26-24-22-20-14-8-2)59-49-53(29-27-51-31-37-55(38-32-51)62(45-15-9-3)46-16-10-4)35-41-57(59)58-42-36-54(50-60(58)61)30-28-52-33-39-56(40-34-52)63(47-17-11-5)48-18-12-6/h27-42,49-50H,7-26,43-48H2,1-6H3/b29-27+,30-28+. The molecule has 0 unspecified atom stereocenters. The van der Waals surface area contributed by atoms with Gasteiger partial charge >= 0.3 is 0 Å². The van der Waals surface area contributed by atoms with Crippen LogP contribution in [0.25, 0.3) is 35.4 Å². The molecule has 0 atom stereocenters. The number of anilines is 2. The highest BCUT2D eigenvalue weighted by atomic mass is 15.1. The first-order valence-corrected chi connectivity index (χ1v) is 26.4. The SMILES string of the molecule is CCCCCCCCC1(CCCCCCCC)c2cc(/C=C/c3ccc(N(CCCC)CCCC)cc3)ccc2-c2ccc(/C=C/c3ccc(N(CCCC)CCCC)cc3)cc21. The second-order valence-corrected chi connectivity index (χ2v) is 19.0. The van der Waals surface area contributed by atoms with Crippen molar-refractivity contribution in [3.8, 4) is 11.1 Å². The van der Waals surface area contributed by atoms with Gasteiger partial charge in [0.05, 0.1) is 0 Å². The van der Waals surface area contributed by atoms with Crippen LogP contribution in [0.4, 0.5) is 11.4 Å². The van der Waals surface area contributed by atoms with E-state index in [1.807, 2.05) is 0 Å². The zero-order valence-corrected chi connectivity index (χ0v) is 41.2. The fraction of sp³-hybridized carbons (Fsp3) is 0.541. The van der Waals surface area contributed by atoms with Gasteiger partial charge in [0.25, 0.3) is 0 Å². The number of nitrogens with zero attached hydrogens (tertiary/aromatic N) is 2. The number of hydrogen-bond donors (Lipinski definition) is 0. The molecule has 4 aromatic rings. The highest BCUT2D eigenvalue weighted by molar-refractivity contribution is 5.85. The van der Waals surface area contributed by atoms with E-state index >= 15 is 0 Å². The molecule has 2 heteroatoms. The van der Waals surface area contributed by atoms with Crippen molar-refractivity contribution in [1.29, 1.82) is 0 Å². The lowest BCUT2D eigenvalue weighted by atomic mass is 9.70. The van der Waals surface area contributed by atoms with Gasteiger partial charge < -0.3 is 9.80 Å². The van der Waals surface area contributed by atoms with E-state index < -0.39 is 0 Å². The van der Waals surface area contributed by atoms with Crippen molar-refractivity contribution >= 4 is 35.7 Å². The Labute approximate surface area is 387 Å². The van der Waals surface area contributed by atoms with Gasteiger partial charge in [-0.25, -0.2) is 0 Å². The minimum absolute atomic E-state index is 0.0397. The molecule has 4 aromatic carbocycles. The van der Waals surface area contributed by atoms with Crippen molar-refractivity contribution < 1.29 is 0 Å². The normalized spacial score (nSPS) is 13.0. The molecule has 0 saturated heterocycles. The second kappa shape index (κ2) is 28.0. The first-order valence-electron chi connectivity index (χ1n) is 26.4. The predicted molar refractivity (Wildman–Crippen MR) is 283 cm³/mol. The Kier molecular flexibility index (Phi) is 22.2. The van der Waals surface area contributed by atoms with Crippen LogP contribution in [0.15, 0.2) is 84.9 Å². The molecule has 342 valence electrons. The van der Waals surface area contributed by atoms with Crippen LogP contribution >= 0.6 is 0 Å². The van der Waals surface area contributed by atoms with E-state index in [4.69, 9.17) is 0 Å². The molecule has 0 aromatic heterocycles. The summed E-state index contributed by atoms with van der Waals surface area (Å²) in [5.74, 6) is 0. The van der Waals surface area contributed by atoms with Gasteiger partial charge in [-0.2, -0.15) is 0 Å². The molecule has 2 nitrogen and oxygen atoms in total. The zero-order chi connectivity index (χ0) is 44.5. The molecule has 0 spiro atoms. The monoisotopic (exact) mass is 849 g/mol. The highest BCUT2D eigenvalue weighted by Gasteiger charge is 2.42. The molecule has 0 saturated carbocycles. The molecule has 1 aliphatic carbocycles. The summed E-state index contributed by atoms with van der Waals surface area (Å²) < 4.78 is 0. The fourth-order valence-corrected chi connectivity index (χ4v) is 9.93. The molecule has 0 bridgehead atoms. The van der Waals surface area contributed by atoms with Gasteiger partial charge in [-0.3, -0.25) is 0 Å². The smallest absolute Gasteiger partial charge is 0.0366 e. The van der Waals surface area contributed by atoms with Crippen LogP contribution in [0.1, 0.15) is 216 Å². The van der Waals surface area contributed by atoms with Gasteiger partial charge in [0.2, 0.25) is 0 Å². The topological polar surface area (TPSA) is 6.48 Å². The van der Waals surface area contributed by atoms with Crippen molar-refractivity contribution in [3.05, 3.63) is 118 Å². The Morgan fingerprint density at radius 2 is 0.635 bits per heavy atom. The van der Waals surface area contributed by atoms with Crippen LogP contribution in [0.2, 0.25) is 0 Å². The molecule has 0 fully saturated rings. The maximum absolute atomic E-state index is 2.59. The van der Waals surface area contributed by atoms with Gasteiger partial charge in [0, 0.05) is 43.0 Å². The van der Waals surface area contributed by atoms with Crippen LogP contribution in [0.3, 0.4) is 0 Å². The van der Waals surface area contributed by atoms with E-state index in [0.717, 1.165) is 26.2 Å². The van der Waals surface area contributed by atoms with Gasteiger partial charge in [-0.05, 0) is 107 Å². The summed E-state index contributed by atoms with van der Waals surface area (Å²) in [6, 6.07) is 33.5. The molecule has 0 heterocycles. The summed E-state index contributed by atoms with van der Waals surface area (Å²) in [7, 11) is 0. The molecule has 0 aliphatic heterocycles. The summed E-state index contributed by atoms with van der Waals surface area (Å²) in [5, 5.41) is 0. The third-order valence-corrected chi connectivity index (χ3v) is 13.9. The van der Waals surface area contributed by atoms with Crippen LogP contribution in [0.5, 0.6) is 0 Å². The average molecular weight is 849 g/mol. The summed E-state index contributed by atoms with van der Waals surface area (Å²) in [5.41, 5.74) is 14.0. The molecular weight excluding hydrogens is 761 g/mol. The maximum atomic E-state index is 2.59.